The molecular formula is C21H21NO5. The van der Waals surface area contributed by atoms with Crippen LogP contribution in [0.1, 0.15) is 17.9 Å². The van der Waals surface area contributed by atoms with E-state index in [9.17, 15) is 4.79 Å². The molecule has 0 amide bonds. The van der Waals surface area contributed by atoms with Crippen LogP contribution in [-0.4, -0.2) is 25.2 Å². The Balaban J connectivity index is 1.53. The number of para-hydroxylation sites is 1. The van der Waals surface area contributed by atoms with E-state index in [1.54, 1.807) is 20.4 Å². The molecule has 0 N–H and O–H groups in total. The van der Waals surface area contributed by atoms with Crippen molar-refractivity contribution in [2.75, 3.05) is 14.2 Å². The van der Waals surface area contributed by atoms with Crippen molar-refractivity contribution in [2.45, 2.75) is 19.4 Å². The number of carbonyl (C=O) groups is 1. The van der Waals surface area contributed by atoms with Crippen LogP contribution in [0.2, 0.25) is 0 Å². The first-order valence-corrected chi connectivity index (χ1v) is 8.57. The number of hydrogen-bond donors (Lipinski definition) is 0. The van der Waals surface area contributed by atoms with Crippen molar-refractivity contribution < 1.29 is 23.4 Å². The quantitative estimate of drug-likeness (QED) is 0.560. The molecule has 2 aromatic carbocycles. The van der Waals surface area contributed by atoms with E-state index in [0.717, 1.165) is 11.1 Å². The summed E-state index contributed by atoms with van der Waals surface area (Å²) in [6, 6.07) is 15.2. The van der Waals surface area contributed by atoms with Gasteiger partial charge in [-0.15, -0.1) is 0 Å². The second-order valence-corrected chi connectivity index (χ2v) is 5.80. The van der Waals surface area contributed by atoms with E-state index in [4.69, 9.17) is 18.6 Å². The lowest BCUT2D eigenvalue weighted by atomic mass is 10.1. The normalized spacial score (nSPS) is 10.4. The van der Waals surface area contributed by atoms with Gasteiger partial charge in [-0.05, 0) is 18.1 Å². The van der Waals surface area contributed by atoms with Crippen molar-refractivity contribution in [3.63, 3.8) is 0 Å². The Hall–Kier alpha value is -3.28. The minimum absolute atomic E-state index is 0.000905. The van der Waals surface area contributed by atoms with Crippen LogP contribution in [0.25, 0.3) is 11.3 Å². The minimum atomic E-state index is -0.334. The lowest BCUT2D eigenvalue weighted by molar-refractivity contribution is -0.145. The Morgan fingerprint density at radius 1 is 1.04 bits per heavy atom. The van der Waals surface area contributed by atoms with E-state index < -0.39 is 0 Å². The summed E-state index contributed by atoms with van der Waals surface area (Å²) in [4.78, 5) is 16.2. The molecule has 0 atom stereocenters. The third-order valence-electron chi connectivity index (χ3n) is 4.05. The average molecular weight is 367 g/mol. The number of esters is 1. The molecule has 0 spiro atoms. The van der Waals surface area contributed by atoms with E-state index in [2.05, 4.69) is 4.98 Å². The van der Waals surface area contributed by atoms with Gasteiger partial charge in [-0.3, -0.25) is 4.79 Å². The van der Waals surface area contributed by atoms with Gasteiger partial charge in [0.15, 0.2) is 23.9 Å². The summed E-state index contributed by atoms with van der Waals surface area (Å²) in [5, 5.41) is 0. The summed E-state index contributed by atoms with van der Waals surface area (Å²) in [6.45, 7) is 0.000905. The summed E-state index contributed by atoms with van der Waals surface area (Å²) >= 11 is 0. The average Bonchev–Trinajstić information content (AvgIpc) is 3.20. The molecule has 0 bridgehead atoms. The summed E-state index contributed by atoms with van der Waals surface area (Å²) in [5.41, 5.74) is 1.81. The Kier molecular flexibility index (Phi) is 6.10. The Morgan fingerprint density at radius 2 is 1.85 bits per heavy atom. The molecule has 0 aliphatic heterocycles. The largest absolute Gasteiger partial charge is 0.493 e. The number of nitrogens with zero attached hydrogens (tertiary/aromatic N) is 1. The molecule has 0 radical (unpaired) electrons. The number of ether oxygens (including phenoxy) is 3. The van der Waals surface area contributed by atoms with E-state index in [-0.39, 0.29) is 19.0 Å². The van der Waals surface area contributed by atoms with Gasteiger partial charge in [0.2, 0.25) is 5.89 Å². The lowest BCUT2D eigenvalue weighted by Gasteiger charge is -2.12. The third-order valence-corrected chi connectivity index (χ3v) is 4.05. The second-order valence-electron chi connectivity index (χ2n) is 5.80. The Labute approximate surface area is 157 Å². The van der Waals surface area contributed by atoms with Gasteiger partial charge in [-0.25, -0.2) is 4.98 Å². The zero-order chi connectivity index (χ0) is 19.1. The molecule has 0 unspecified atom stereocenters. The van der Waals surface area contributed by atoms with Gasteiger partial charge in [0.25, 0.3) is 0 Å². The van der Waals surface area contributed by atoms with Crippen LogP contribution in [0.5, 0.6) is 11.5 Å². The molecule has 0 saturated carbocycles. The van der Waals surface area contributed by atoms with Gasteiger partial charge in [-0.2, -0.15) is 0 Å². The highest BCUT2D eigenvalue weighted by molar-refractivity contribution is 5.70. The summed E-state index contributed by atoms with van der Waals surface area (Å²) in [7, 11) is 3.16. The van der Waals surface area contributed by atoms with Gasteiger partial charge < -0.3 is 18.6 Å². The van der Waals surface area contributed by atoms with Crippen molar-refractivity contribution in [1.82, 2.24) is 4.98 Å². The second kappa shape index (κ2) is 8.89. The van der Waals surface area contributed by atoms with Crippen LogP contribution in [0.3, 0.4) is 0 Å². The fourth-order valence-corrected chi connectivity index (χ4v) is 2.71. The van der Waals surface area contributed by atoms with E-state index in [0.29, 0.717) is 29.6 Å². The van der Waals surface area contributed by atoms with Crippen molar-refractivity contribution in [2.24, 2.45) is 0 Å². The number of oxazole rings is 1. The summed E-state index contributed by atoms with van der Waals surface area (Å²) in [6.07, 6.45) is 2.33. The van der Waals surface area contributed by atoms with Crippen molar-refractivity contribution >= 4 is 5.97 Å². The van der Waals surface area contributed by atoms with Gasteiger partial charge in [-0.1, -0.05) is 42.5 Å². The van der Waals surface area contributed by atoms with Crippen molar-refractivity contribution in [3.8, 4) is 22.8 Å². The molecule has 3 rings (SSSR count). The fraction of sp³-hybridized carbons (Fsp3) is 0.238. The maximum Gasteiger partial charge on any atom is 0.306 e. The number of aromatic nitrogens is 1. The number of hydrogen-bond acceptors (Lipinski definition) is 6. The van der Waals surface area contributed by atoms with Crippen LogP contribution < -0.4 is 9.47 Å². The monoisotopic (exact) mass is 367 g/mol. The summed E-state index contributed by atoms with van der Waals surface area (Å²) in [5.74, 6) is 1.94. The third kappa shape index (κ3) is 4.67. The molecule has 3 aromatic rings. The highest BCUT2D eigenvalue weighted by Gasteiger charge is 2.13. The van der Waals surface area contributed by atoms with Crippen LogP contribution >= 0.6 is 0 Å². The topological polar surface area (TPSA) is 70.8 Å². The van der Waals surface area contributed by atoms with Gasteiger partial charge >= 0.3 is 5.97 Å². The van der Waals surface area contributed by atoms with E-state index in [1.165, 1.54) is 0 Å². The first-order chi connectivity index (χ1) is 13.2. The van der Waals surface area contributed by atoms with E-state index in [1.807, 2.05) is 48.5 Å². The predicted molar refractivity (Wildman–Crippen MR) is 99.6 cm³/mol. The maximum absolute atomic E-state index is 12.1. The number of methoxy groups -OCH3 is 2. The highest BCUT2D eigenvalue weighted by Crippen LogP contribution is 2.31. The Morgan fingerprint density at radius 3 is 2.59 bits per heavy atom. The first kappa shape index (κ1) is 18.5. The predicted octanol–water partition coefficient (Wildman–Crippen LogP) is 4.03. The molecule has 140 valence electrons. The number of benzene rings is 2. The van der Waals surface area contributed by atoms with Crippen molar-refractivity contribution in [1.29, 1.82) is 0 Å². The van der Waals surface area contributed by atoms with Gasteiger partial charge in [0.1, 0.15) is 0 Å². The molecule has 0 saturated heterocycles. The molecule has 1 aromatic heterocycles. The standard InChI is InChI=1S/C21H21NO5/c1-24-17-10-6-9-16(21(17)25-2)11-12-20(23)26-14-19-22-13-18(27-19)15-7-4-3-5-8-15/h3-10,13H,11-12,14H2,1-2H3. The van der Waals surface area contributed by atoms with Crippen molar-refractivity contribution in [3.05, 3.63) is 66.2 Å². The molecule has 0 fully saturated rings. The van der Waals surface area contributed by atoms with E-state index >= 15 is 0 Å². The van der Waals surface area contributed by atoms with Gasteiger partial charge in [0.05, 0.1) is 20.4 Å². The zero-order valence-corrected chi connectivity index (χ0v) is 15.3. The Bertz CT molecular complexity index is 889. The molecule has 6 heteroatoms. The SMILES string of the molecule is COc1cccc(CCC(=O)OCc2ncc(-c3ccccc3)o2)c1OC. The maximum atomic E-state index is 12.1. The highest BCUT2D eigenvalue weighted by atomic mass is 16.5. The van der Waals surface area contributed by atoms with Crippen LogP contribution in [0, 0.1) is 0 Å². The number of carbonyl (C=O) groups excluding carboxylic acids is 1. The first-order valence-electron chi connectivity index (χ1n) is 8.57. The van der Waals surface area contributed by atoms with Gasteiger partial charge in [0, 0.05) is 12.0 Å². The smallest absolute Gasteiger partial charge is 0.306 e. The molecule has 27 heavy (non-hydrogen) atoms. The molecule has 0 aliphatic rings. The number of aryl methyl sites for hydroxylation is 1. The molecule has 0 aliphatic carbocycles. The fourth-order valence-electron chi connectivity index (χ4n) is 2.71. The number of rotatable bonds is 8. The summed E-state index contributed by atoms with van der Waals surface area (Å²) < 4.78 is 21.5. The minimum Gasteiger partial charge on any atom is -0.493 e. The van der Waals surface area contributed by atoms with Crippen LogP contribution in [-0.2, 0) is 22.6 Å². The van der Waals surface area contributed by atoms with Crippen LogP contribution in [0.15, 0.2) is 59.1 Å². The molecular weight excluding hydrogens is 346 g/mol. The zero-order valence-electron chi connectivity index (χ0n) is 15.3. The molecule has 1 heterocycles. The van der Waals surface area contributed by atoms with Crippen LogP contribution in [0.4, 0.5) is 0 Å². The lowest BCUT2D eigenvalue weighted by Crippen LogP contribution is -2.07. The molecule has 6 nitrogen and oxygen atoms in total.